The number of ether oxygens (including phenoxy) is 1. The molecule has 0 spiro atoms. The molecular formula is C10H17N3O4S. The summed E-state index contributed by atoms with van der Waals surface area (Å²) in [7, 11) is -2.14. The average molecular weight is 275 g/mol. The molecule has 8 heteroatoms. The summed E-state index contributed by atoms with van der Waals surface area (Å²) in [5, 5.41) is 0.0528. The van der Waals surface area contributed by atoms with Gasteiger partial charge in [0.15, 0.2) is 5.03 Å². The number of sulfonamides is 1. The van der Waals surface area contributed by atoms with Gasteiger partial charge in [0.25, 0.3) is 10.0 Å². The van der Waals surface area contributed by atoms with E-state index in [1.807, 2.05) is 0 Å². The van der Waals surface area contributed by atoms with E-state index >= 15 is 0 Å². The first-order chi connectivity index (χ1) is 8.56. The number of imidazole rings is 1. The van der Waals surface area contributed by atoms with E-state index in [0.717, 1.165) is 6.42 Å². The molecule has 1 heterocycles. The molecule has 0 atom stereocenters. The highest BCUT2D eigenvalue weighted by atomic mass is 32.2. The number of unbranched alkanes of at least 4 members (excludes halogenated alkanes) is 2. The van der Waals surface area contributed by atoms with E-state index in [4.69, 9.17) is 0 Å². The van der Waals surface area contributed by atoms with Crippen molar-refractivity contribution in [3.63, 3.8) is 0 Å². The van der Waals surface area contributed by atoms with E-state index < -0.39 is 10.0 Å². The lowest BCUT2D eigenvalue weighted by atomic mass is 10.2. The number of hydrogen-bond acceptors (Lipinski definition) is 5. The fraction of sp³-hybridized carbons (Fsp3) is 0.600. The van der Waals surface area contributed by atoms with Crippen LogP contribution in [0, 0.1) is 0 Å². The first kappa shape index (κ1) is 14.7. The first-order valence-corrected chi connectivity index (χ1v) is 7.09. The van der Waals surface area contributed by atoms with Crippen LogP contribution in [0.5, 0.6) is 0 Å². The van der Waals surface area contributed by atoms with Crippen LogP contribution in [0.2, 0.25) is 0 Å². The number of aromatic amines is 1. The number of aromatic nitrogens is 2. The van der Waals surface area contributed by atoms with Gasteiger partial charge in [-0.2, -0.15) is 0 Å². The fourth-order valence-electron chi connectivity index (χ4n) is 1.35. The summed E-state index contributed by atoms with van der Waals surface area (Å²) in [6, 6.07) is 0. The lowest BCUT2D eigenvalue weighted by molar-refractivity contribution is -0.140. The number of H-pyrrole nitrogens is 1. The number of rotatable bonds is 8. The molecule has 0 fully saturated rings. The van der Waals surface area contributed by atoms with Gasteiger partial charge < -0.3 is 9.72 Å². The van der Waals surface area contributed by atoms with Crippen molar-refractivity contribution < 1.29 is 17.9 Å². The molecule has 18 heavy (non-hydrogen) atoms. The Morgan fingerprint density at radius 3 is 2.83 bits per heavy atom. The van der Waals surface area contributed by atoms with Gasteiger partial charge in [0.1, 0.15) is 0 Å². The predicted octanol–water partition coefficient (Wildman–Crippen LogP) is 0.421. The first-order valence-electron chi connectivity index (χ1n) is 5.61. The summed E-state index contributed by atoms with van der Waals surface area (Å²) in [5.74, 6) is -0.243. The van der Waals surface area contributed by atoms with E-state index in [1.165, 1.54) is 19.6 Å². The van der Waals surface area contributed by atoms with Crippen molar-refractivity contribution in [2.24, 2.45) is 0 Å². The van der Waals surface area contributed by atoms with Crippen molar-refractivity contribution in [3.05, 3.63) is 12.5 Å². The van der Waals surface area contributed by atoms with Crippen molar-refractivity contribution in [2.45, 2.75) is 30.7 Å². The summed E-state index contributed by atoms with van der Waals surface area (Å²) in [6.07, 6.45) is 5.05. The Morgan fingerprint density at radius 2 is 2.22 bits per heavy atom. The second-order valence-corrected chi connectivity index (χ2v) is 5.44. The zero-order chi connectivity index (χ0) is 13.4. The maximum atomic E-state index is 11.6. The Labute approximate surface area is 106 Å². The molecule has 0 amide bonds. The monoisotopic (exact) mass is 275 g/mol. The summed E-state index contributed by atoms with van der Waals surface area (Å²) in [5.41, 5.74) is 0. The molecule has 0 aliphatic carbocycles. The van der Waals surface area contributed by atoms with Gasteiger partial charge in [0.2, 0.25) is 0 Å². The molecule has 2 N–H and O–H groups in total. The van der Waals surface area contributed by atoms with Crippen LogP contribution in [0.3, 0.4) is 0 Å². The molecule has 0 saturated heterocycles. The number of nitrogens with one attached hydrogen (secondary N) is 2. The largest absolute Gasteiger partial charge is 0.469 e. The quantitative estimate of drug-likeness (QED) is 0.529. The standard InChI is InChI=1S/C10H17N3O4S/c1-17-10(14)5-3-2-4-6-13-18(15,16)9-7-11-8-12-9/h7-8,13H,2-6H2,1H3,(H,11,12). The highest BCUT2D eigenvalue weighted by Crippen LogP contribution is 2.04. The molecule has 0 aliphatic heterocycles. The topological polar surface area (TPSA) is 101 Å². The SMILES string of the molecule is COC(=O)CCCCCNS(=O)(=O)c1cnc[nH]1. The van der Waals surface area contributed by atoms with Gasteiger partial charge in [-0.15, -0.1) is 0 Å². The van der Waals surface area contributed by atoms with Gasteiger partial charge in [-0.1, -0.05) is 6.42 Å². The van der Waals surface area contributed by atoms with E-state index in [0.29, 0.717) is 25.8 Å². The third-order valence-electron chi connectivity index (χ3n) is 2.34. The van der Waals surface area contributed by atoms with Crippen molar-refractivity contribution in [3.8, 4) is 0 Å². The van der Waals surface area contributed by atoms with Gasteiger partial charge in [-0.3, -0.25) is 4.79 Å². The molecule has 0 aromatic carbocycles. The highest BCUT2D eigenvalue weighted by molar-refractivity contribution is 7.89. The third-order valence-corrected chi connectivity index (χ3v) is 3.73. The maximum Gasteiger partial charge on any atom is 0.305 e. The van der Waals surface area contributed by atoms with Crippen LogP contribution in [0.4, 0.5) is 0 Å². The minimum atomic E-state index is -3.48. The third kappa shape index (κ3) is 4.84. The summed E-state index contributed by atoms with van der Waals surface area (Å²) < 4.78 is 30.2. The van der Waals surface area contributed by atoms with Crippen molar-refractivity contribution in [1.82, 2.24) is 14.7 Å². The molecule has 0 radical (unpaired) electrons. The normalized spacial score (nSPS) is 11.4. The Bertz CT molecular complexity index is 455. The highest BCUT2D eigenvalue weighted by Gasteiger charge is 2.13. The van der Waals surface area contributed by atoms with E-state index in [2.05, 4.69) is 19.4 Å². The van der Waals surface area contributed by atoms with Crippen molar-refractivity contribution >= 4 is 16.0 Å². The van der Waals surface area contributed by atoms with Gasteiger partial charge in [0, 0.05) is 13.0 Å². The van der Waals surface area contributed by atoms with Crippen LogP contribution in [-0.2, 0) is 19.6 Å². The second kappa shape index (κ2) is 7.12. The molecule has 7 nitrogen and oxygen atoms in total. The molecule has 1 aromatic rings. The van der Waals surface area contributed by atoms with E-state index in [1.54, 1.807) is 0 Å². The second-order valence-electron chi connectivity index (χ2n) is 3.70. The smallest absolute Gasteiger partial charge is 0.305 e. The lowest BCUT2D eigenvalue weighted by Crippen LogP contribution is -2.25. The number of nitrogens with zero attached hydrogens (tertiary/aromatic N) is 1. The Kier molecular flexibility index (Phi) is 5.79. The minimum absolute atomic E-state index is 0.0528. The summed E-state index contributed by atoms with van der Waals surface area (Å²) in [4.78, 5) is 17.0. The van der Waals surface area contributed by atoms with Crippen LogP contribution in [0.1, 0.15) is 25.7 Å². The lowest BCUT2D eigenvalue weighted by Gasteiger charge is -2.04. The average Bonchev–Trinajstić information content (AvgIpc) is 2.87. The van der Waals surface area contributed by atoms with E-state index in [9.17, 15) is 13.2 Å². The van der Waals surface area contributed by atoms with Crippen LogP contribution in [0.25, 0.3) is 0 Å². The number of carbonyl (C=O) groups is 1. The predicted molar refractivity (Wildman–Crippen MR) is 64.3 cm³/mol. The van der Waals surface area contributed by atoms with Crippen LogP contribution in [-0.4, -0.2) is 38.0 Å². The minimum Gasteiger partial charge on any atom is -0.469 e. The molecule has 0 aliphatic rings. The summed E-state index contributed by atoms with van der Waals surface area (Å²) >= 11 is 0. The Hall–Kier alpha value is -1.41. The van der Waals surface area contributed by atoms with Crippen LogP contribution >= 0.6 is 0 Å². The van der Waals surface area contributed by atoms with Crippen LogP contribution in [0.15, 0.2) is 17.6 Å². The number of methoxy groups -OCH3 is 1. The Balaban J connectivity index is 2.17. The van der Waals surface area contributed by atoms with Crippen molar-refractivity contribution in [1.29, 1.82) is 0 Å². The van der Waals surface area contributed by atoms with Gasteiger partial charge >= 0.3 is 5.97 Å². The maximum absolute atomic E-state index is 11.6. The molecular weight excluding hydrogens is 258 g/mol. The zero-order valence-corrected chi connectivity index (χ0v) is 11.0. The number of esters is 1. The molecule has 102 valence electrons. The molecule has 0 saturated carbocycles. The number of carbonyl (C=O) groups excluding carboxylic acids is 1. The molecule has 1 rings (SSSR count). The van der Waals surface area contributed by atoms with E-state index in [-0.39, 0.29) is 11.0 Å². The van der Waals surface area contributed by atoms with Gasteiger partial charge in [-0.05, 0) is 12.8 Å². The van der Waals surface area contributed by atoms with Crippen LogP contribution < -0.4 is 4.72 Å². The molecule has 0 unspecified atom stereocenters. The zero-order valence-electron chi connectivity index (χ0n) is 10.2. The van der Waals surface area contributed by atoms with Gasteiger partial charge in [-0.25, -0.2) is 18.1 Å². The van der Waals surface area contributed by atoms with Gasteiger partial charge in [0.05, 0.1) is 19.6 Å². The Morgan fingerprint density at radius 1 is 1.44 bits per heavy atom. The molecule has 0 bridgehead atoms. The van der Waals surface area contributed by atoms with Crippen molar-refractivity contribution in [2.75, 3.05) is 13.7 Å². The molecule has 1 aromatic heterocycles. The summed E-state index contributed by atoms with van der Waals surface area (Å²) in [6.45, 7) is 0.336. The fourth-order valence-corrected chi connectivity index (χ4v) is 2.32. The number of hydrogen-bond donors (Lipinski definition) is 2.